The summed E-state index contributed by atoms with van der Waals surface area (Å²) < 4.78 is 30.8. The van der Waals surface area contributed by atoms with Gasteiger partial charge in [-0.3, -0.25) is 14.6 Å². The zero-order valence-corrected chi connectivity index (χ0v) is 21.1. The second-order valence-corrected chi connectivity index (χ2v) is 10.4. The molecule has 1 saturated heterocycles. The smallest absolute Gasteiger partial charge is 0.146 e. The van der Waals surface area contributed by atoms with Gasteiger partial charge in [0.15, 0.2) is 0 Å². The van der Waals surface area contributed by atoms with Crippen LogP contribution in [0, 0.1) is 25.6 Å². The topological polar surface area (TPSA) is 104 Å². The summed E-state index contributed by atoms with van der Waals surface area (Å²) in [6.07, 6.45) is 4.21. The van der Waals surface area contributed by atoms with E-state index in [0.717, 1.165) is 38.9 Å². The van der Waals surface area contributed by atoms with Gasteiger partial charge in [0.2, 0.25) is 0 Å². The fourth-order valence-electron chi connectivity index (χ4n) is 6.43. The molecule has 7 rings (SSSR count). The molecule has 5 aromatic heterocycles. The Kier molecular flexibility index (Phi) is 4.69. The minimum Gasteiger partial charge on any atom is -0.381 e. The van der Waals surface area contributed by atoms with Crippen molar-refractivity contribution in [1.29, 1.82) is 0 Å². The molecule has 5 aromatic rings. The van der Waals surface area contributed by atoms with Gasteiger partial charge in [-0.1, -0.05) is 5.16 Å². The summed E-state index contributed by atoms with van der Waals surface area (Å²) >= 11 is 0. The number of fused-ring (bicyclic) bond motifs is 5. The first-order valence-electron chi connectivity index (χ1n) is 12.5. The largest absolute Gasteiger partial charge is 0.381 e. The Balaban J connectivity index is 1.64. The van der Waals surface area contributed by atoms with Gasteiger partial charge in [0.25, 0.3) is 0 Å². The molecule has 0 spiro atoms. The van der Waals surface area contributed by atoms with Crippen LogP contribution in [0.2, 0.25) is 0 Å². The molecule has 0 radical (unpaired) electrons. The summed E-state index contributed by atoms with van der Waals surface area (Å²) in [5, 5.41) is 20.7. The first-order valence-corrected chi connectivity index (χ1v) is 12.5. The number of hydrogen-bond acceptors (Lipinski definition) is 7. The summed E-state index contributed by atoms with van der Waals surface area (Å²) in [4.78, 5) is 9.42. The van der Waals surface area contributed by atoms with Crippen LogP contribution < -0.4 is 0 Å². The van der Waals surface area contributed by atoms with Crippen molar-refractivity contribution in [3.63, 3.8) is 0 Å². The Morgan fingerprint density at radius 1 is 1.22 bits per heavy atom. The summed E-state index contributed by atoms with van der Waals surface area (Å²) in [6, 6.07) is 4.68. The van der Waals surface area contributed by atoms with Gasteiger partial charge in [0.1, 0.15) is 33.9 Å². The van der Waals surface area contributed by atoms with E-state index >= 15 is 4.39 Å². The minimum absolute atomic E-state index is 0.0236. The van der Waals surface area contributed by atoms with E-state index < -0.39 is 17.7 Å². The van der Waals surface area contributed by atoms with E-state index in [1.807, 2.05) is 20.9 Å². The zero-order valence-electron chi connectivity index (χ0n) is 21.1. The van der Waals surface area contributed by atoms with Crippen LogP contribution in [0.25, 0.3) is 33.2 Å². The van der Waals surface area contributed by atoms with Gasteiger partial charge in [-0.2, -0.15) is 5.10 Å². The molecule has 0 aromatic carbocycles. The molecular weight excluding hydrogens is 475 g/mol. The molecule has 1 fully saturated rings. The number of aliphatic hydroxyl groups is 1. The van der Waals surface area contributed by atoms with Crippen LogP contribution in [0.4, 0.5) is 4.39 Å². The molecule has 10 heteroatoms. The van der Waals surface area contributed by atoms with E-state index in [1.165, 1.54) is 6.07 Å². The van der Waals surface area contributed by atoms with E-state index in [-0.39, 0.29) is 11.7 Å². The van der Waals surface area contributed by atoms with Gasteiger partial charge in [-0.05, 0) is 57.7 Å². The van der Waals surface area contributed by atoms with E-state index in [4.69, 9.17) is 19.3 Å². The number of hydrogen-bond donors (Lipinski definition) is 1. The molecule has 0 saturated carbocycles. The van der Waals surface area contributed by atoms with Crippen molar-refractivity contribution in [1.82, 2.24) is 29.5 Å². The van der Waals surface area contributed by atoms with E-state index in [9.17, 15) is 5.11 Å². The lowest BCUT2D eigenvalue weighted by Crippen LogP contribution is -2.46. The number of aryl methyl sites for hydroxylation is 3. The van der Waals surface area contributed by atoms with Crippen molar-refractivity contribution < 1.29 is 18.8 Å². The maximum absolute atomic E-state index is 15.5. The van der Waals surface area contributed by atoms with Crippen LogP contribution in [0.1, 0.15) is 48.6 Å². The van der Waals surface area contributed by atoms with Crippen molar-refractivity contribution in [3.8, 4) is 11.1 Å². The van der Waals surface area contributed by atoms with Crippen LogP contribution in [-0.4, -0.2) is 47.3 Å². The molecule has 37 heavy (non-hydrogen) atoms. The Morgan fingerprint density at radius 3 is 2.81 bits per heavy atom. The van der Waals surface area contributed by atoms with Crippen molar-refractivity contribution in [2.75, 3.05) is 6.61 Å². The molecule has 2 bridgehead atoms. The molecule has 1 N–H and O–H groups in total. The Labute approximate surface area is 211 Å². The quantitative estimate of drug-likeness (QED) is 0.383. The third-order valence-corrected chi connectivity index (χ3v) is 8.16. The molecule has 2 aliphatic rings. The SMILES string of the molecule is Cc1noc(C)c1-c1cnc2c3c4c(nn3C)C(C)(O)C3CC(CCO3)[C@H](c3ncccc3F)n4c2c1. The Hall–Kier alpha value is -3.63. The highest BCUT2D eigenvalue weighted by molar-refractivity contribution is 6.06. The van der Waals surface area contributed by atoms with Crippen molar-refractivity contribution >= 4 is 22.1 Å². The normalized spacial score (nSPS) is 25.5. The van der Waals surface area contributed by atoms with Crippen molar-refractivity contribution in [2.45, 2.75) is 51.4 Å². The molecule has 7 heterocycles. The zero-order chi connectivity index (χ0) is 25.6. The van der Waals surface area contributed by atoms with E-state index in [1.54, 1.807) is 30.1 Å². The molecular formula is C27H27FN6O3. The lowest BCUT2D eigenvalue weighted by atomic mass is 9.78. The van der Waals surface area contributed by atoms with Gasteiger partial charge < -0.3 is 18.9 Å². The standard InChI is InChI=1S/C27H27FN6O3/c1-13-20(14(2)37-32-13)16-10-18-22(30-12-16)24-25-26(31-33(24)4)27(3,35)19-11-15(7-9-36-19)23(34(18)25)21-17(28)6-5-8-29-21/h5-6,8,10,12,15,19,23,35H,7,9,11H2,1-4H3/t15?,19?,23-,27?/m1/s1. The molecule has 0 aliphatic carbocycles. The first-order chi connectivity index (χ1) is 17.8. The monoisotopic (exact) mass is 502 g/mol. The fourth-order valence-corrected chi connectivity index (χ4v) is 6.43. The number of aromatic nitrogens is 6. The van der Waals surface area contributed by atoms with Gasteiger partial charge in [0, 0.05) is 37.2 Å². The number of pyridine rings is 2. The van der Waals surface area contributed by atoms with Crippen LogP contribution in [0.15, 0.2) is 35.1 Å². The van der Waals surface area contributed by atoms with Crippen molar-refractivity contribution in [2.24, 2.45) is 13.0 Å². The molecule has 4 atom stereocenters. The van der Waals surface area contributed by atoms with Crippen LogP contribution >= 0.6 is 0 Å². The second-order valence-electron chi connectivity index (χ2n) is 10.4. The van der Waals surface area contributed by atoms with E-state index in [2.05, 4.69) is 20.8 Å². The molecule has 190 valence electrons. The van der Waals surface area contributed by atoms with Gasteiger partial charge in [0.05, 0.1) is 34.6 Å². The number of ether oxygens (including phenoxy) is 1. The highest BCUT2D eigenvalue weighted by atomic mass is 19.1. The third kappa shape index (κ3) is 3.02. The van der Waals surface area contributed by atoms with Gasteiger partial charge >= 0.3 is 0 Å². The Bertz CT molecular complexity index is 1680. The van der Waals surface area contributed by atoms with Gasteiger partial charge in [-0.25, -0.2) is 4.39 Å². The number of rotatable bonds is 2. The summed E-state index contributed by atoms with van der Waals surface area (Å²) in [7, 11) is 1.84. The van der Waals surface area contributed by atoms with E-state index in [0.29, 0.717) is 36.6 Å². The van der Waals surface area contributed by atoms with Crippen molar-refractivity contribution in [3.05, 3.63) is 59.3 Å². The number of nitrogens with zero attached hydrogens (tertiary/aromatic N) is 6. The molecule has 3 unspecified atom stereocenters. The molecule has 0 amide bonds. The summed E-state index contributed by atoms with van der Waals surface area (Å²) in [5.41, 5.74) is 5.07. The Morgan fingerprint density at radius 2 is 2.05 bits per heavy atom. The minimum atomic E-state index is -1.34. The summed E-state index contributed by atoms with van der Waals surface area (Å²) in [5.74, 6) is 0.315. The maximum Gasteiger partial charge on any atom is 0.146 e. The second kappa shape index (κ2) is 7.69. The average molecular weight is 503 g/mol. The highest BCUT2D eigenvalue weighted by Crippen LogP contribution is 2.49. The lowest BCUT2D eigenvalue weighted by molar-refractivity contribution is -0.140. The molecule has 2 aliphatic heterocycles. The third-order valence-electron chi connectivity index (χ3n) is 8.16. The lowest BCUT2D eigenvalue weighted by Gasteiger charge is -2.43. The number of halogens is 1. The first kappa shape index (κ1) is 22.6. The highest BCUT2D eigenvalue weighted by Gasteiger charge is 2.48. The average Bonchev–Trinajstić information content (AvgIpc) is 3.51. The fraction of sp³-hybridized carbons (Fsp3) is 0.407. The van der Waals surface area contributed by atoms with Crippen LogP contribution in [0.5, 0.6) is 0 Å². The predicted octanol–water partition coefficient (Wildman–Crippen LogP) is 4.33. The summed E-state index contributed by atoms with van der Waals surface area (Å²) in [6.45, 7) is 6.00. The van der Waals surface area contributed by atoms with Gasteiger partial charge in [-0.15, -0.1) is 0 Å². The predicted molar refractivity (Wildman–Crippen MR) is 133 cm³/mol. The van der Waals surface area contributed by atoms with Crippen LogP contribution in [0.3, 0.4) is 0 Å². The molecule has 9 nitrogen and oxygen atoms in total. The van der Waals surface area contributed by atoms with Crippen LogP contribution in [-0.2, 0) is 17.4 Å². The maximum atomic E-state index is 15.5.